The van der Waals surface area contributed by atoms with Crippen molar-refractivity contribution in [2.45, 2.75) is 43.3 Å². The van der Waals surface area contributed by atoms with E-state index in [1.165, 1.54) is 6.07 Å². The fourth-order valence-electron chi connectivity index (χ4n) is 2.03. The predicted octanol–water partition coefficient (Wildman–Crippen LogP) is 2.90. The summed E-state index contributed by atoms with van der Waals surface area (Å²) in [6.07, 6.45) is -2.01. The second kappa shape index (κ2) is 3.98. The third-order valence-electron chi connectivity index (χ3n) is 3.60. The van der Waals surface area contributed by atoms with Crippen molar-refractivity contribution < 1.29 is 13.2 Å². The van der Waals surface area contributed by atoms with Gasteiger partial charge in [0.05, 0.1) is 0 Å². The Morgan fingerprint density at radius 2 is 1.84 bits per heavy atom. The lowest BCUT2D eigenvalue weighted by Gasteiger charge is -2.21. The zero-order valence-corrected chi connectivity index (χ0v) is 10.5. The van der Waals surface area contributed by atoms with E-state index in [2.05, 4.69) is 20.6 Å². The minimum Gasteiger partial charge on any atom is -0.373 e. The fourth-order valence-corrected chi connectivity index (χ4v) is 2.03. The van der Waals surface area contributed by atoms with Crippen LogP contribution < -0.4 is 10.6 Å². The second-order valence-corrected chi connectivity index (χ2v) is 5.23. The number of hydrogen-bond donors (Lipinski definition) is 2. The van der Waals surface area contributed by atoms with Crippen LogP contribution in [0, 0.1) is 0 Å². The van der Waals surface area contributed by atoms with Gasteiger partial charge in [-0.2, -0.15) is 13.2 Å². The summed E-state index contributed by atoms with van der Waals surface area (Å²) >= 11 is 0. The standard InChI is InChI=1S/C12H15F3N4/c1-16-8-6-9(18-10(17-8)7-2-3-7)19-11(4-5-11)12(13,14)15/h6-7H,2-5H2,1H3,(H2,16,17,18,19). The van der Waals surface area contributed by atoms with Crippen LogP contribution in [-0.2, 0) is 0 Å². The van der Waals surface area contributed by atoms with Gasteiger partial charge in [0.1, 0.15) is 23.0 Å². The van der Waals surface area contributed by atoms with Crippen molar-refractivity contribution in [3.05, 3.63) is 11.9 Å². The van der Waals surface area contributed by atoms with Crippen molar-refractivity contribution in [3.63, 3.8) is 0 Å². The van der Waals surface area contributed by atoms with Crippen LogP contribution in [0.2, 0.25) is 0 Å². The van der Waals surface area contributed by atoms with Gasteiger partial charge in [-0.3, -0.25) is 0 Å². The van der Waals surface area contributed by atoms with Crippen LogP contribution in [0.25, 0.3) is 0 Å². The summed E-state index contributed by atoms with van der Waals surface area (Å²) in [5, 5.41) is 5.41. The Balaban J connectivity index is 1.86. The lowest BCUT2D eigenvalue weighted by molar-refractivity contribution is -0.151. The van der Waals surface area contributed by atoms with Crippen LogP contribution in [0.5, 0.6) is 0 Å². The zero-order chi connectivity index (χ0) is 13.7. The highest BCUT2D eigenvalue weighted by Crippen LogP contribution is 2.51. The maximum Gasteiger partial charge on any atom is 0.411 e. The molecule has 3 rings (SSSR count). The van der Waals surface area contributed by atoms with Gasteiger partial charge in [-0.25, -0.2) is 9.97 Å². The zero-order valence-electron chi connectivity index (χ0n) is 10.5. The predicted molar refractivity (Wildman–Crippen MR) is 65.2 cm³/mol. The molecule has 104 valence electrons. The molecule has 2 aliphatic rings. The topological polar surface area (TPSA) is 49.8 Å². The normalized spacial score (nSPS) is 21.1. The summed E-state index contributed by atoms with van der Waals surface area (Å²) in [6.45, 7) is 0. The van der Waals surface area contributed by atoms with Gasteiger partial charge in [-0.1, -0.05) is 0 Å². The van der Waals surface area contributed by atoms with Crippen molar-refractivity contribution in [3.8, 4) is 0 Å². The van der Waals surface area contributed by atoms with E-state index in [1.54, 1.807) is 7.05 Å². The monoisotopic (exact) mass is 272 g/mol. The van der Waals surface area contributed by atoms with E-state index >= 15 is 0 Å². The number of anilines is 2. The molecule has 0 bridgehead atoms. The van der Waals surface area contributed by atoms with Crippen molar-refractivity contribution >= 4 is 11.6 Å². The molecule has 0 atom stereocenters. The lowest BCUT2D eigenvalue weighted by atomic mass is 10.2. The van der Waals surface area contributed by atoms with Crippen molar-refractivity contribution in [1.29, 1.82) is 0 Å². The average molecular weight is 272 g/mol. The van der Waals surface area contributed by atoms with E-state index in [4.69, 9.17) is 0 Å². The lowest BCUT2D eigenvalue weighted by Crippen LogP contribution is -2.39. The molecule has 1 aromatic rings. The van der Waals surface area contributed by atoms with Crippen molar-refractivity contribution in [2.75, 3.05) is 17.7 Å². The van der Waals surface area contributed by atoms with Crippen LogP contribution >= 0.6 is 0 Å². The largest absolute Gasteiger partial charge is 0.411 e. The molecule has 0 aromatic carbocycles. The van der Waals surface area contributed by atoms with E-state index in [0.29, 0.717) is 17.6 Å². The van der Waals surface area contributed by atoms with E-state index in [1.807, 2.05) is 0 Å². The highest BCUT2D eigenvalue weighted by Gasteiger charge is 2.63. The first-order chi connectivity index (χ1) is 8.93. The first-order valence-electron chi connectivity index (χ1n) is 6.35. The van der Waals surface area contributed by atoms with Gasteiger partial charge >= 0.3 is 6.18 Å². The van der Waals surface area contributed by atoms with Gasteiger partial charge in [-0.05, 0) is 25.7 Å². The summed E-state index contributed by atoms with van der Waals surface area (Å²) in [4.78, 5) is 8.50. The Kier molecular flexibility index (Phi) is 2.62. The highest BCUT2D eigenvalue weighted by molar-refractivity contribution is 5.51. The first kappa shape index (κ1) is 12.5. The van der Waals surface area contributed by atoms with Gasteiger partial charge in [0.15, 0.2) is 0 Å². The Morgan fingerprint density at radius 3 is 2.32 bits per heavy atom. The molecule has 1 heterocycles. The minimum atomic E-state index is -4.24. The van der Waals surface area contributed by atoms with Crippen LogP contribution in [0.15, 0.2) is 6.07 Å². The molecule has 0 unspecified atom stereocenters. The quantitative estimate of drug-likeness (QED) is 0.885. The number of nitrogens with one attached hydrogen (secondary N) is 2. The van der Waals surface area contributed by atoms with Crippen LogP contribution in [0.1, 0.15) is 37.4 Å². The van der Waals surface area contributed by atoms with E-state index < -0.39 is 11.7 Å². The molecular weight excluding hydrogens is 257 g/mol. The maximum absolute atomic E-state index is 12.9. The maximum atomic E-state index is 12.9. The summed E-state index contributed by atoms with van der Waals surface area (Å²) in [7, 11) is 1.69. The molecule has 4 nitrogen and oxygen atoms in total. The third kappa shape index (κ3) is 2.33. The molecule has 19 heavy (non-hydrogen) atoms. The van der Waals surface area contributed by atoms with Crippen molar-refractivity contribution in [1.82, 2.24) is 9.97 Å². The summed E-state index contributed by atoms with van der Waals surface area (Å²) < 4.78 is 38.7. The molecule has 0 saturated heterocycles. The molecule has 0 aliphatic heterocycles. The number of alkyl halides is 3. The third-order valence-corrected chi connectivity index (χ3v) is 3.60. The van der Waals surface area contributed by atoms with Crippen LogP contribution in [0.3, 0.4) is 0 Å². The van der Waals surface area contributed by atoms with Crippen molar-refractivity contribution in [2.24, 2.45) is 0 Å². The Hall–Kier alpha value is -1.53. The summed E-state index contributed by atoms with van der Waals surface area (Å²) in [5.74, 6) is 1.75. The molecule has 0 spiro atoms. The van der Waals surface area contributed by atoms with E-state index in [9.17, 15) is 13.2 Å². The number of hydrogen-bond acceptors (Lipinski definition) is 4. The van der Waals surface area contributed by atoms with E-state index in [-0.39, 0.29) is 18.7 Å². The molecule has 2 fully saturated rings. The number of aromatic nitrogens is 2. The highest BCUT2D eigenvalue weighted by atomic mass is 19.4. The SMILES string of the molecule is CNc1cc(NC2(C(F)(F)F)CC2)nc(C2CC2)n1. The van der Waals surface area contributed by atoms with E-state index in [0.717, 1.165) is 12.8 Å². The number of halogens is 3. The van der Waals surface area contributed by atoms with Gasteiger partial charge in [0, 0.05) is 19.0 Å². The minimum absolute atomic E-state index is 0.105. The second-order valence-electron chi connectivity index (χ2n) is 5.23. The number of rotatable bonds is 4. The van der Waals surface area contributed by atoms with Gasteiger partial charge in [0.25, 0.3) is 0 Å². The fraction of sp³-hybridized carbons (Fsp3) is 0.667. The molecular formula is C12H15F3N4. The molecule has 0 radical (unpaired) electrons. The molecule has 2 saturated carbocycles. The average Bonchev–Trinajstić information content (AvgIpc) is 3.20. The molecule has 7 heteroatoms. The smallest absolute Gasteiger partial charge is 0.373 e. The van der Waals surface area contributed by atoms with Crippen LogP contribution in [0.4, 0.5) is 24.8 Å². The van der Waals surface area contributed by atoms with Gasteiger partial charge in [0.2, 0.25) is 0 Å². The first-order valence-corrected chi connectivity index (χ1v) is 6.35. The molecule has 2 N–H and O–H groups in total. The van der Waals surface area contributed by atoms with Gasteiger partial charge < -0.3 is 10.6 Å². The van der Waals surface area contributed by atoms with Gasteiger partial charge in [-0.15, -0.1) is 0 Å². The number of nitrogens with zero attached hydrogens (tertiary/aromatic N) is 2. The molecule has 2 aliphatic carbocycles. The Morgan fingerprint density at radius 1 is 1.21 bits per heavy atom. The van der Waals surface area contributed by atoms with Crippen LogP contribution in [-0.4, -0.2) is 28.7 Å². The Bertz CT molecular complexity index is 492. The summed E-state index contributed by atoms with van der Waals surface area (Å²) in [6, 6.07) is 1.53. The summed E-state index contributed by atoms with van der Waals surface area (Å²) in [5.41, 5.74) is -1.78. The molecule has 0 amide bonds. The molecule has 1 aromatic heterocycles. The Labute approximate surface area is 108 Å².